The molecular formula is C22H25N5O3. The molecule has 4 aromatic rings. The number of ether oxygens (including phenoxy) is 2. The maximum atomic E-state index is 12.7. The number of nitrogens with one attached hydrogen (secondary N) is 1. The molecule has 0 saturated heterocycles. The van der Waals surface area contributed by atoms with E-state index >= 15 is 0 Å². The Bertz CT molecular complexity index is 1290. The highest BCUT2D eigenvalue weighted by Crippen LogP contribution is 2.29. The predicted octanol–water partition coefficient (Wildman–Crippen LogP) is 2.76. The van der Waals surface area contributed by atoms with E-state index in [2.05, 4.69) is 22.4 Å². The largest absolute Gasteiger partial charge is 0.497 e. The second-order valence-electron chi connectivity index (χ2n) is 7.35. The third-order valence-electron chi connectivity index (χ3n) is 5.41. The fraction of sp³-hybridized carbons (Fsp3) is 0.318. The number of fused-ring (bicyclic) bond motifs is 3. The minimum Gasteiger partial charge on any atom is -0.497 e. The fourth-order valence-electron chi connectivity index (χ4n) is 3.71. The van der Waals surface area contributed by atoms with Gasteiger partial charge in [-0.15, -0.1) is 10.2 Å². The molecule has 2 aromatic heterocycles. The predicted molar refractivity (Wildman–Crippen MR) is 115 cm³/mol. The number of hydrogen-bond acceptors (Lipinski definition) is 6. The van der Waals surface area contributed by atoms with Gasteiger partial charge in [-0.1, -0.05) is 11.6 Å². The minimum absolute atomic E-state index is 0.0246. The highest BCUT2D eigenvalue weighted by Gasteiger charge is 2.17. The first-order valence-corrected chi connectivity index (χ1v) is 9.73. The van der Waals surface area contributed by atoms with Gasteiger partial charge in [-0.25, -0.2) is 0 Å². The number of aryl methyl sites for hydroxylation is 2. The number of nitrogens with zero attached hydrogens (tertiary/aromatic N) is 4. The Morgan fingerprint density at radius 3 is 2.63 bits per heavy atom. The van der Waals surface area contributed by atoms with Gasteiger partial charge < -0.3 is 14.8 Å². The van der Waals surface area contributed by atoms with Crippen LogP contribution in [0.15, 0.2) is 41.2 Å². The van der Waals surface area contributed by atoms with Gasteiger partial charge in [0.15, 0.2) is 5.82 Å². The quantitative estimate of drug-likeness (QED) is 0.529. The lowest BCUT2D eigenvalue weighted by Gasteiger charge is -2.18. The molecule has 0 fully saturated rings. The standard InChI is InChI=1S/C22H25N5O3/c1-13-6-8-18-17(10-13)21(28)26(3)22-25-24-20(27(18)22)12-23-14(2)16-11-15(29-4)7-9-19(16)30-5/h6-11,14,23H,12H2,1-5H3. The van der Waals surface area contributed by atoms with E-state index in [-0.39, 0.29) is 11.6 Å². The van der Waals surface area contributed by atoms with Gasteiger partial charge in [0, 0.05) is 18.7 Å². The van der Waals surface area contributed by atoms with Gasteiger partial charge in [-0.05, 0) is 44.2 Å². The Balaban J connectivity index is 1.72. The molecule has 2 heterocycles. The summed E-state index contributed by atoms with van der Waals surface area (Å²) in [6.45, 7) is 4.49. The average molecular weight is 407 g/mol. The smallest absolute Gasteiger partial charge is 0.262 e. The van der Waals surface area contributed by atoms with Gasteiger partial charge in [0.05, 0.1) is 31.7 Å². The number of methoxy groups -OCH3 is 2. The molecule has 1 atom stereocenters. The van der Waals surface area contributed by atoms with Crippen LogP contribution in [0, 0.1) is 6.92 Å². The van der Waals surface area contributed by atoms with Crippen LogP contribution in [-0.4, -0.2) is 33.4 Å². The van der Waals surface area contributed by atoms with Gasteiger partial charge >= 0.3 is 0 Å². The molecule has 4 rings (SSSR count). The van der Waals surface area contributed by atoms with Crippen molar-refractivity contribution in [3.05, 3.63) is 63.7 Å². The monoisotopic (exact) mass is 407 g/mol. The summed E-state index contributed by atoms with van der Waals surface area (Å²) in [6, 6.07) is 11.5. The lowest BCUT2D eigenvalue weighted by atomic mass is 10.1. The fourth-order valence-corrected chi connectivity index (χ4v) is 3.71. The second-order valence-corrected chi connectivity index (χ2v) is 7.35. The lowest BCUT2D eigenvalue weighted by molar-refractivity contribution is 0.391. The van der Waals surface area contributed by atoms with E-state index in [0.717, 1.165) is 34.0 Å². The molecule has 1 N–H and O–H groups in total. The Morgan fingerprint density at radius 1 is 1.10 bits per heavy atom. The van der Waals surface area contributed by atoms with Crippen molar-refractivity contribution < 1.29 is 9.47 Å². The number of rotatable bonds is 6. The summed E-state index contributed by atoms with van der Waals surface area (Å²) >= 11 is 0. The van der Waals surface area contributed by atoms with Crippen molar-refractivity contribution in [1.82, 2.24) is 24.5 Å². The first-order valence-electron chi connectivity index (χ1n) is 9.73. The SMILES string of the molecule is COc1ccc(OC)c(C(C)NCc2nnc3n(C)c(=O)c4cc(C)ccc4n23)c1. The third kappa shape index (κ3) is 3.29. The summed E-state index contributed by atoms with van der Waals surface area (Å²) in [4.78, 5) is 12.7. The average Bonchev–Trinajstić information content (AvgIpc) is 3.19. The Hall–Kier alpha value is -3.39. The Labute approximate surface area is 174 Å². The number of hydrogen-bond donors (Lipinski definition) is 1. The van der Waals surface area contributed by atoms with Gasteiger partial charge in [0.25, 0.3) is 5.56 Å². The highest BCUT2D eigenvalue weighted by atomic mass is 16.5. The van der Waals surface area contributed by atoms with Crippen molar-refractivity contribution >= 4 is 16.7 Å². The molecule has 156 valence electrons. The molecule has 0 spiro atoms. The van der Waals surface area contributed by atoms with Gasteiger partial charge in [0.2, 0.25) is 5.78 Å². The molecule has 0 amide bonds. The number of benzene rings is 2. The summed E-state index contributed by atoms with van der Waals surface area (Å²) in [6.07, 6.45) is 0. The molecule has 0 aliphatic heterocycles. The maximum Gasteiger partial charge on any atom is 0.262 e. The van der Waals surface area contributed by atoms with Crippen molar-refractivity contribution in [3.63, 3.8) is 0 Å². The van der Waals surface area contributed by atoms with Crippen LogP contribution in [0.25, 0.3) is 16.7 Å². The molecule has 0 aliphatic carbocycles. The minimum atomic E-state index is -0.0809. The van der Waals surface area contributed by atoms with E-state index in [1.54, 1.807) is 21.3 Å². The van der Waals surface area contributed by atoms with E-state index in [1.165, 1.54) is 4.57 Å². The molecule has 2 aromatic carbocycles. The van der Waals surface area contributed by atoms with Crippen LogP contribution in [0.3, 0.4) is 0 Å². The van der Waals surface area contributed by atoms with Gasteiger partial charge in [-0.2, -0.15) is 0 Å². The summed E-state index contributed by atoms with van der Waals surface area (Å²) in [5, 5.41) is 12.7. The van der Waals surface area contributed by atoms with Crippen molar-refractivity contribution in [1.29, 1.82) is 0 Å². The molecule has 8 nitrogen and oxygen atoms in total. The first-order chi connectivity index (χ1) is 14.4. The molecule has 1 unspecified atom stereocenters. The van der Waals surface area contributed by atoms with Crippen LogP contribution in [0.1, 0.15) is 29.9 Å². The molecule has 0 bridgehead atoms. The van der Waals surface area contributed by atoms with Gasteiger partial charge in [-0.3, -0.25) is 13.8 Å². The summed E-state index contributed by atoms with van der Waals surface area (Å²) in [5.74, 6) is 2.79. The molecule has 0 saturated carbocycles. The van der Waals surface area contributed by atoms with E-state index < -0.39 is 0 Å². The molecular weight excluding hydrogens is 382 g/mol. The zero-order chi connectivity index (χ0) is 21.4. The van der Waals surface area contributed by atoms with E-state index in [1.807, 2.05) is 47.7 Å². The zero-order valence-electron chi connectivity index (χ0n) is 17.8. The van der Waals surface area contributed by atoms with Crippen LogP contribution in [0.4, 0.5) is 0 Å². The second kappa shape index (κ2) is 7.79. The molecule has 0 radical (unpaired) electrons. The Morgan fingerprint density at radius 2 is 1.90 bits per heavy atom. The first kappa shape index (κ1) is 19.9. The van der Waals surface area contributed by atoms with E-state index in [0.29, 0.717) is 17.7 Å². The van der Waals surface area contributed by atoms with Crippen LogP contribution < -0.4 is 20.3 Å². The van der Waals surface area contributed by atoms with Crippen molar-refractivity contribution in [3.8, 4) is 11.5 Å². The van der Waals surface area contributed by atoms with Crippen molar-refractivity contribution in [2.75, 3.05) is 14.2 Å². The van der Waals surface area contributed by atoms with E-state index in [9.17, 15) is 4.79 Å². The zero-order valence-corrected chi connectivity index (χ0v) is 17.8. The summed E-state index contributed by atoms with van der Waals surface area (Å²) < 4.78 is 14.3. The van der Waals surface area contributed by atoms with Crippen molar-refractivity contribution in [2.45, 2.75) is 26.4 Å². The molecule has 8 heteroatoms. The van der Waals surface area contributed by atoms with E-state index in [4.69, 9.17) is 9.47 Å². The Kier molecular flexibility index (Phi) is 5.17. The lowest BCUT2D eigenvalue weighted by Crippen LogP contribution is -2.23. The van der Waals surface area contributed by atoms with Crippen molar-refractivity contribution in [2.24, 2.45) is 7.05 Å². The number of aromatic nitrogens is 4. The van der Waals surface area contributed by atoms with Crippen LogP contribution in [0.2, 0.25) is 0 Å². The topological polar surface area (TPSA) is 82.7 Å². The summed E-state index contributed by atoms with van der Waals surface area (Å²) in [7, 11) is 5.01. The molecule has 0 aliphatic rings. The maximum absolute atomic E-state index is 12.7. The highest BCUT2D eigenvalue weighted by molar-refractivity contribution is 5.81. The molecule has 30 heavy (non-hydrogen) atoms. The van der Waals surface area contributed by atoms with Crippen LogP contribution in [-0.2, 0) is 13.6 Å². The third-order valence-corrected chi connectivity index (χ3v) is 5.41. The summed E-state index contributed by atoms with van der Waals surface area (Å²) in [5.41, 5.74) is 2.73. The van der Waals surface area contributed by atoms with Crippen LogP contribution in [0.5, 0.6) is 11.5 Å². The normalized spacial score (nSPS) is 12.4. The van der Waals surface area contributed by atoms with Crippen LogP contribution >= 0.6 is 0 Å². The van der Waals surface area contributed by atoms with Gasteiger partial charge in [0.1, 0.15) is 11.5 Å².